The minimum absolute atomic E-state index is 0.00818. The van der Waals surface area contributed by atoms with E-state index in [0.29, 0.717) is 6.61 Å². The van der Waals surface area contributed by atoms with Gasteiger partial charge in [0.05, 0.1) is 6.61 Å². The van der Waals surface area contributed by atoms with Crippen molar-refractivity contribution in [2.45, 2.75) is 32.4 Å². The molecule has 0 fully saturated rings. The lowest BCUT2D eigenvalue weighted by atomic mass is 10.1. The smallest absolute Gasteiger partial charge is 0.261 e. The van der Waals surface area contributed by atoms with Gasteiger partial charge in [-0.25, -0.2) is 0 Å². The zero-order valence-electron chi connectivity index (χ0n) is 16.5. The molecule has 0 N–H and O–H groups in total. The van der Waals surface area contributed by atoms with Crippen molar-refractivity contribution in [2.75, 3.05) is 0 Å². The van der Waals surface area contributed by atoms with Gasteiger partial charge < -0.3 is 4.43 Å². The number of rotatable bonds is 6. The summed E-state index contributed by atoms with van der Waals surface area (Å²) < 4.78 is 6.96. The molecule has 2 heteroatoms. The van der Waals surface area contributed by atoms with Gasteiger partial charge in [0, 0.05) is 0 Å². The minimum atomic E-state index is -2.49. The Morgan fingerprint density at radius 3 is 1.85 bits per heavy atom. The van der Waals surface area contributed by atoms with Crippen molar-refractivity contribution in [2.24, 2.45) is 0 Å². The van der Waals surface area contributed by atoms with Crippen LogP contribution in [0.25, 0.3) is 6.08 Å². The van der Waals surface area contributed by atoms with Gasteiger partial charge in [0.15, 0.2) is 0 Å². The average molecular weight is 373 g/mol. The van der Waals surface area contributed by atoms with Gasteiger partial charge in [0.1, 0.15) is 0 Å². The predicted octanol–water partition coefficient (Wildman–Crippen LogP) is 5.41. The largest absolute Gasteiger partial charge is 0.403 e. The van der Waals surface area contributed by atoms with E-state index in [9.17, 15) is 0 Å². The monoisotopic (exact) mass is 372 g/mol. The third-order valence-corrected chi connectivity index (χ3v) is 10.0. The highest BCUT2D eigenvalue weighted by Crippen LogP contribution is 2.37. The van der Waals surface area contributed by atoms with E-state index in [1.54, 1.807) is 0 Å². The van der Waals surface area contributed by atoms with Crippen LogP contribution in [-0.2, 0) is 11.0 Å². The highest BCUT2D eigenvalue weighted by molar-refractivity contribution is 6.99. The molecule has 0 spiro atoms. The summed E-state index contributed by atoms with van der Waals surface area (Å²) >= 11 is 0. The Morgan fingerprint density at radius 2 is 1.37 bits per heavy atom. The van der Waals surface area contributed by atoms with Crippen LogP contribution in [0, 0.1) is 0 Å². The molecule has 3 aromatic carbocycles. The van der Waals surface area contributed by atoms with Crippen molar-refractivity contribution >= 4 is 24.8 Å². The summed E-state index contributed by atoms with van der Waals surface area (Å²) in [6.45, 7) is 11.4. The molecule has 27 heavy (non-hydrogen) atoms. The van der Waals surface area contributed by atoms with Crippen molar-refractivity contribution < 1.29 is 4.43 Å². The van der Waals surface area contributed by atoms with E-state index >= 15 is 0 Å². The van der Waals surface area contributed by atoms with Crippen LogP contribution in [-0.4, -0.2) is 8.32 Å². The van der Waals surface area contributed by atoms with E-state index in [-0.39, 0.29) is 5.04 Å². The molecule has 0 aliphatic carbocycles. The number of hydrogen-bond acceptors (Lipinski definition) is 1. The lowest BCUT2D eigenvalue weighted by molar-refractivity contribution is 0.286. The lowest BCUT2D eigenvalue weighted by Crippen LogP contribution is -2.66. The summed E-state index contributed by atoms with van der Waals surface area (Å²) in [5.74, 6) is 0. The zero-order valence-corrected chi connectivity index (χ0v) is 17.5. The Hall–Kier alpha value is -2.42. The molecular weight excluding hydrogens is 344 g/mol. The first-order chi connectivity index (χ1) is 13.0. The summed E-state index contributed by atoms with van der Waals surface area (Å²) in [5, 5.41) is 2.61. The van der Waals surface area contributed by atoms with Crippen LogP contribution >= 0.6 is 0 Å². The van der Waals surface area contributed by atoms with Crippen molar-refractivity contribution in [3.8, 4) is 0 Å². The lowest BCUT2D eigenvalue weighted by Gasteiger charge is -2.43. The van der Waals surface area contributed by atoms with Gasteiger partial charge in [0.2, 0.25) is 0 Å². The Balaban J connectivity index is 2.10. The van der Waals surface area contributed by atoms with Crippen molar-refractivity contribution in [1.82, 2.24) is 0 Å². The van der Waals surface area contributed by atoms with Crippen LogP contribution in [0.4, 0.5) is 0 Å². The molecule has 0 aromatic heterocycles. The maximum absolute atomic E-state index is 6.96. The molecule has 3 aromatic rings. The second-order valence-electron chi connectivity index (χ2n) is 7.90. The Bertz CT molecular complexity index is 839. The fraction of sp³-hybridized carbons (Fsp3) is 0.200. The third-order valence-electron chi connectivity index (χ3n) is 5.06. The highest BCUT2D eigenvalue weighted by Gasteiger charge is 2.50. The average Bonchev–Trinajstić information content (AvgIpc) is 2.69. The molecule has 0 saturated carbocycles. The molecule has 0 unspecified atom stereocenters. The third kappa shape index (κ3) is 3.97. The van der Waals surface area contributed by atoms with Gasteiger partial charge in [-0.3, -0.25) is 0 Å². The van der Waals surface area contributed by atoms with E-state index in [4.69, 9.17) is 4.43 Å². The quantitative estimate of drug-likeness (QED) is 0.526. The summed E-state index contributed by atoms with van der Waals surface area (Å²) in [5.41, 5.74) is 2.30. The van der Waals surface area contributed by atoms with E-state index in [1.807, 2.05) is 6.08 Å². The summed E-state index contributed by atoms with van der Waals surface area (Å²) in [6.07, 6.45) is 1.88. The summed E-state index contributed by atoms with van der Waals surface area (Å²) in [6, 6.07) is 30.0. The van der Waals surface area contributed by atoms with Crippen LogP contribution < -0.4 is 10.4 Å². The van der Waals surface area contributed by atoms with Crippen LogP contribution in [0.3, 0.4) is 0 Å². The molecular formula is C25H28OSi. The first-order valence-corrected chi connectivity index (χ1v) is 11.3. The van der Waals surface area contributed by atoms with Crippen LogP contribution in [0.15, 0.2) is 91.5 Å². The van der Waals surface area contributed by atoms with E-state index in [2.05, 4.69) is 112 Å². The van der Waals surface area contributed by atoms with E-state index in [1.165, 1.54) is 15.9 Å². The Kier molecular flexibility index (Phi) is 5.78. The van der Waals surface area contributed by atoms with Gasteiger partial charge in [0.25, 0.3) is 8.32 Å². The fourth-order valence-corrected chi connectivity index (χ4v) is 8.30. The van der Waals surface area contributed by atoms with Gasteiger partial charge >= 0.3 is 0 Å². The maximum atomic E-state index is 6.96. The Labute approximate surface area is 164 Å². The maximum Gasteiger partial charge on any atom is 0.261 e. The number of hydrogen-bond donors (Lipinski definition) is 0. The SMILES string of the molecule is C=Cc1cccc(CO[Si](c2ccccc2)(c2ccccc2)C(C)(C)C)c1. The van der Waals surface area contributed by atoms with Crippen molar-refractivity contribution in [3.63, 3.8) is 0 Å². The van der Waals surface area contributed by atoms with Gasteiger partial charge in [-0.05, 0) is 32.6 Å². The first kappa shape index (κ1) is 19.3. The molecule has 0 aliphatic rings. The summed E-state index contributed by atoms with van der Waals surface area (Å²) in [4.78, 5) is 0. The molecule has 0 heterocycles. The van der Waals surface area contributed by atoms with Crippen molar-refractivity contribution in [3.05, 3.63) is 103 Å². The van der Waals surface area contributed by atoms with E-state index < -0.39 is 8.32 Å². The van der Waals surface area contributed by atoms with Crippen LogP contribution in [0.2, 0.25) is 5.04 Å². The second-order valence-corrected chi connectivity index (χ2v) is 12.2. The summed E-state index contributed by atoms with van der Waals surface area (Å²) in [7, 11) is -2.49. The molecule has 0 amide bonds. The van der Waals surface area contributed by atoms with Gasteiger partial charge in [-0.15, -0.1) is 0 Å². The molecule has 0 aliphatic heterocycles. The zero-order chi connectivity index (χ0) is 19.3. The molecule has 0 atom stereocenters. The van der Waals surface area contributed by atoms with Crippen LogP contribution in [0.5, 0.6) is 0 Å². The second kappa shape index (κ2) is 8.08. The number of benzene rings is 3. The molecule has 0 saturated heterocycles. The minimum Gasteiger partial charge on any atom is -0.403 e. The van der Waals surface area contributed by atoms with E-state index in [0.717, 1.165) is 5.56 Å². The molecule has 0 bridgehead atoms. The molecule has 0 radical (unpaired) electrons. The van der Waals surface area contributed by atoms with Gasteiger partial charge in [-0.2, -0.15) is 0 Å². The molecule has 3 rings (SSSR count). The first-order valence-electron chi connectivity index (χ1n) is 9.44. The topological polar surface area (TPSA) is 9.23 Å². The normalized spacial score (nSPS) is 12.0. The van der Waals surface area contributed by atoms with Crippen LogP contribution in [0.1, 0.15) is 31.9 Å². The predicted molar refractivity (Wildman–Crippen MR) is 119 cm³/mol. The fourth-order valence-electron chi connectivity index (χ4n) is 3.76. The molecule has 138 valence electrons. The molecule has 1 nitrogen and oxygen atoms in total. The van der Waals surface area contributed by atoms with Gasteiger partial charge in [-0.1, -0.05) is 112 Å². The van der Waals surface area contributed by atoms with Crippen molar-refractivity contribution in [1.29, 1.82) is 0 Å². The Morgan fingerprint density at radius 1 is 0.815 bits per heavy atom. The highest BCUT2D eigenvalue weighted by atomic mass is 28.4. The standard InChI is InChI=1S/C25H28OSi/c1-5-21-13-12-14-22(19-21)20-26-27(25(2,3)4,23-15-8-6-9-16-23)24-17-10-7-11-18-24/h5-19H,1,20H2,2-4H3.